The van der Waals surface area contributed by atoms with Crippen LogP contribution in [0.3, 0.4) is 0 Å². The molecule has 0 bridgehead atoms. The summed E-state index contributed by atoms with van der Waals surface area (Å²) in [6.07, 6.45) is 0. The van der Waals surface area contributed by atoms with Crippen molar-refractivity contribution in [1.82, 2.24) is 5.32 Å². The Kier molecular flexibility index (Phi) is 5.29. The van der Waals surface area contributed by atoms with Crippen LogP contribution in [0.1, 0.15) is 31.7 Å². The lowest BCUT2D eigenvalue weighted by molar-refractivity contribution is -0.124. The number of hydrogen-bond acceptors (Lipinski definition) is 2. The van der Waals surface area contributed by atoms with Crippen LogP contribution in [0.15, 0.2) is 17.5 Å². The van der Waals surface area contributed by atoms with Gasteiger partial charge in [-0.05, 0) is 17.4 Å². The topological polar surface area (TPSA) is 29.1 Å². The highest BCUT2D eigenvalue weighted by Gasteiger charge is 2.21. The number of nitrogens with one attached hydrogen (secondary N) is 1. The third kappa shape index (κ3) is 3.49. The predicted molar refractivity (Wildman–Crippen MR) is 69.9 cm³/mol. The van der Waals surface area contributed by atoms with E-state index in [-0.39, 0.29) is 17.9 Å². The lowest BCUT2D eigenvalue weighted by Crippen LogP contribution is -2.35. The van der Waals surface area contributed by atoms with E-state index in [1.165, 1.54) is 4.88 Å². The highest BCUT2D eigenvalue weighted by atomic mass is 35.5. The van der Waals surface area contributed by atoms with Crippen LogP contribution in [0.25, 0.3) is 0 Å². The summed E-state index contributed by atoms with van der Waals surface area (Å²) in [7, 11) is 0. The van der Waals surface area contributed by atoms with Crippen LogP contribution in [0, 0.1) is 11.8 Å². The molecule has 2 nitrogen and oxygen atoms in total. The number of thiophene rings is 1. The summed E-state index contributed by atoms with van der Waals surface area (Å²) in [4.78, 5) is 13.0. The molecule has 0 aliphatic rings. The predicted octanol–water partition coefficient (Wildman–Crippen LogP) is 3.44. The van der Waals surface area contributed by atoms with Crippen LogP contribution in [0.5, 0.6) is 0 Å². The van der Waals surface area contributed by atoms with Crippen molar-refractivity contribution in [3.8, 4) is 0 Å². The van der Waals surface area contributed by atoms with Gasteiger partial charge < -0.3 is 5.32 Å². The lowest BCUT2D eigenvalue weighted by atomic mass is 10.0. The van der Waals surface area contributed by atoms with E-state index in [0.717, 1.165) is 0 Å². The first kappa shape index (κ1) is 13.5. The molecule has 0 spiro atoms. The number of carbonyl (C=O) groups excluding carboxylic acids is 1. The second kappa shape index (κ2) is 6.26. The van der Waals surface area contributed by atoms with Gasteiger partial charge in [0, 0.05) is 16.7 Å². The van der Waals surface area contributed by atoms with Gasteiger partial charge in [0.1, 0.15) is 0 Å². The number of rotatable bonds is 5. The first-order valence-electron chi connectivity index (χ1n) is 5.46. The van der Waals surface area contributed by atoms with Gasteiger partial charge >= 0.3 is 0 Å². The van der Waals surface area contributed by atoms with Gasteiger partial charge in [-0.25, -0.2) is 0 Å². The van der Waals surface area contributed by atoms with E-state index in [1.54, 1.807) is 11.3 Å². The molecule has 0 saturated heterocycles. The molecule has 1 N–H and O–H groups in total. The minimum Gasteiger partial charge on any atom is -0.348 e. The minimum absolute atomic E-state index is 0.0297. The van der Waals surface area contributed by atoms with Gasteiger partial charge in [0.15, 0.2) is 0 Å². The fourth-order valence-electron chi connectivity index (χ4n) is 1.40. The molecule has 90 valence electrons. The Morgan fingerprint density at radius 3 is 2.62 bits per heavy atom. The summed E-state index contributed by atoms with van der Waals surface area (Å²) in [5, 5.41) is 5.09. The summed E-state index contributed by atoms with van der Waals surface area (Å²) in [6.45, 7) is 6.06. The average Bonchev–Trinajstić information content (AvgIpc) is 2.76. The molecule has 1 amide bonds. The number of hydrogen-bond donors (Lipinski definition) is 1. The molecule has 0 radical (unpaired) electrons. The van der Waals surface area contributed by atoms with E-state index in [2.05, 4.69) is 25.2 Å². The standard InChI is InChI=1S/C12H18ClNOS/c1-8(2)11(10-5-4-6-16-10)14-12(15)9(3)7-13/h4-6,8-9,11H,7H2,1-3H3,(H,14,15). The Labute approximate surface area is 106 Å². The first-order chi connectivity index (χ1) is 7.56. The van der Waals surface area contributed by atoms with Crippen LogP contribution in [-0.2, 0) is 4.79 Å². The van der Waals surface area contributed by atoms with Crippen molar-refractivity contribution in [3.05, 3.63) is 22.4 Å². The quantitative estimate of drug-likeness (QED) is 0.807. The Hall–Kier alpha value is -0.540. The molecule has 2 unspecified atom stereocenters. The molecule has 1 aromatic heterocycles. The molecule has 0 fully saturated rings. The third-order valence-corrected chi connectivity index (χ3v) is 3.91. The molecule has 2 atom stereocenters. The Balaban J connectivity index is 2.70. The number of amides is 1. The molecule has 4 heteroatoms. The summed E-state index contributed by atoms with van der Waals surface area (Å²) in [5.41, 5.74) is 0. The van der Waals surface area contributed by atoms with Crippen molar-refractivity contribution in [1.29, 1.82) is 0 Å². The maximum absolute atomic E-state index is 11.8. The molecular formula is C12H18ClNOS. The SMILES string of the molecule is CC(CCl)C(=O)NC(c1cccs1)C(C)C. The molecule has 1 heterocycles. The number of halogens is 1. The Morgan fingerprint density at radius 1 is 1.50 bits per heavy atom. The van der Waals surface area contributed by atoms with E-state index in [4.69, 9.17) is 11.6 Å². The van der Waals surface area contributed by atoms with Gasteiger partial charge in [-0.2, -0.15) is 0 Å². The first-order valence-corrected chi connectivity index (χ1v) is 6.87. The molecule has 0 aliphatic carbocycles. The van der Waals surface area contributed by atoms with Gasteiger partial charge in [0.05, 0.1) is 6.04 Å². The summed E-state index contributed by atoms with van der Waals surface area (Å²) in [5.74, 6) is 0.635. The zero-order valence-corrected chi connectivity index (χ0v) is 11.4. The van der Waals surface area contributed by atoms with E-state index in [9.17, 15) is 4.79 Å². The van der Waals surface area contributed by atoms with Crippen molar-refractivity contribution < 1.29 is 4.79 Å². The Morgan fingerprint density at radius 2 is 2.19 bits per heavy atom. The van der Waals surface area contributed by atoms with E-state index >= 15 is 0 Å². The largest absolute Gasteiger partial charge is 0.348 e. The summed E-state index contributed by atoms with van der Waals surface area (Å²) >= 11 is 7.35. The van der Waals surface area contributed by atoms with Crippen LogP contribution in [-0.4, -0.2) is 11.8 Å². The van der Waals surface area contributed by atoms with Crippen molar-refractivity contribution in [2.24, 2.45) is 11.8 Å². The van der Waals surface area contributed by atoms with Gasteiger partial charge in [-0.15, -0.1) is 22.9 Å². The van der Waals surface area contributed by atoms with Crippen LogP contribution in [0.4, 0.5) is 0 Å². The Bertz CT molecular complexity index is 324. The van der Waals surface area contributed by atoms with Crippen molar-refractivity contribution in [2.75, 3.05) is 5.88 Å². The van der Waals surface area contributed by atoms with Gasteiger partial charge in [-0.3, -0.25) is 4.79 Å². The van der Waals surface area contributed by atoms with Crippen LogP contribution in [0.2, 0.25) is 0 Å². The highest BCUT2D eigenvalue weighted by Crippen LogP contribution is 2.26. The third-order valence-electron chi connectivity index (χ3n) is 2.49. The van der Waals surface area contributed by atoms with Gasteiger partial charge in [-0.1, -0.05) is 26.8 Å². The zero-order chi connectivity index (χ0) is 12.1. The lowest BCUT2D eigenvalue weighted by Gasteiger charge is -2.22. The average molecular weight is 260 g/mol. The molecule has 16 heavy (non-hydrogen) atoms. The summed E-state index contributed by atoms with van der Waals surface area (Å²) in [6, 6.07) is 4.16. The molecule has 0 saturated carbocycles. The minimum atomic E-state index is -0.136. The molecule has 0 aromatic carbocycles. The fourth-order valence-corrected chi connectivity index (χ4v) is 2.49. The normalized spacial score (nSPS) is 14.8. The molecule has 1 aromatic rings. The van der Waals surface area contributed by atoms with E-state index in [1.807, 2.05) is 18.4 Å². The van der Waals surface area contributed by atoms with Crippen LogP contribution < -0.4 is 5.32 Å². The molecular weight excluding hydrogens is 242 g/mol. The van der Waals surface area contributed by atoms with Gasteiger partial charge in [0.25, 0.3) is 0 Å². The smallest absolute Gasteiger partial charge is 0.224 e. The van der Waals surface area contributed by atoms with Crippen molar-refractivity contribution in [3.63, 3.8) is 0 Å². The summed E-state index contributed by atoms with van der Waals surface area (Å²) < 4.78 is 0. The number of alkyl halides is 1. The highest BCUT2D eigenvalue weighted by molar-refractivity contribution is 7.10. The maximum atomic E-state index is 11.8. The molecule has 1 rings (SSSR count). The van der Waals surface area contributed by atoms with Crippen molar-refractivity contribution >= 4 is 28.8 Å². The molecule has 0 aliphatic heterocycles. The zero-order valence-electron chi connectivity index (χ0n) is 9.87. The monoisotopic (exact) mass is 259 g/mol. The maximum Gasteiger partial charge on any atom is 0.224 e. The van der Waals surface area contributed by atoms with E-state index < -0.39 is 0 Å². The second-order valence-corrected chi connectivity index (χ2v) is 5.59. The van der Waals surface area contributed by atoms with Crippen LogP contribution >= 0.6 is 22.9 Å². The van der Waals surface area contributed by atoms with Gasteiger partial charge in [0.2, 0.25) is 5.91 Å². The number of carbonyl (C=O) groups is 1. The second-order valence-electron chi connectivity index (χ2n) is 4.30. The fraction of sp³-hybridized carbons (Fsp3) is 0.583. The van der Waals surface area contributed by atoms with Crippen molar-refractivity contribution in [2.45, 2.75) is 26.8 Å². The van der Waals surface area contributed by atoms with E-state index in [0.29, 0.717) is 11.8 Å².